The highest BCUT2D eigenvalue weighted by atomic mass is 16.5. The number of hydrogen-bond acceptors (Lipinski definition) is 4. The van der Waals surface area contributed by atoms with Gasteiger partial charge in [0, 0.05) is 12.1 Å². The molecule has 24 heavy (non-hydrogen) atoms. The third-order valence-corrected chi connectivity index (χ3v) is 4.57. The van der Waals surface area contributed by atoms with Gasteiger partial charge in [-0.15, -0.1) is 0 Å². The van der Waals surface area contributed by atoms with Crippen LogP contribution in [0.4, 0.5) is 0 Å². The van der Waals surface area contributed by atoms with E-state index in [-0.39, 0.29) is 23.8 Å². The number of ether oxygens (including phenoxy) is 1. The van der Waals surface area contributed by atoms with E-state index in [1.165, 1.54) is 0 Å². The first-order valence-corrected chi connectivity index (χ1v) is 7.91. The number of nitrogens with one attached hydrogen (secondary N) is 2. The fourth-order valence-electron chi connectivity index (χ4n) is 3.28. The van der Waals surface area contributed by atoms with Gasteiger partial charge >= 0.3 is 0 Å². The summed E-state index contributed by atoms with van der Waals surface area (Å²) in [4.78, 5) is 38.8. The molecule has 2 atom stereocenters. The van der Waals surface area contributed by atoms with E-state index < -0.39 is 11.6 Å². The molecule has 128 valence electrons. The molecule has 2 fully saturated rings. The van der Waals surface area contributed by atoms with Gasteiger partial charge in [-0.1, -0.05) is 0 Å². The smallest absolute Gasteiger partial charge is 0.251 e. The van der Waals surface area contributed by atoms with Gasteiger partial charge in [0.05, 0.1) is 13.2 Å². The number of carbonyl (C=O) groups is 3. The van der Waals surface area contributed by atoms with Crippen LogP contribution in [0.3, 0.4) is 0 Å². The molecular weight excluding hydrogens is 310 g/mol. The number of benzene rings is 1. The number of rotatable bonds is 3. The molecule has 0 aromatic heterocycles. The van der Waals surface area contributed by atoms with Crippen molar-refractivity contribution >= 4 is 17.7 Å². The summed E-state index contributed by atoms with van der Waals surface area (Å²) >= 11 is 0. The predicted molar refractivity (Wildman–Crippen MR) is 86.6 cm³/mol. The zero-order valence-electron chi connectivity index (χ0n) is 14.0. The standard InChI is InChI=1S/C17H21N3O4/c1-17(2)16(23)20-9-8-12(13(20)15(22)19-17)18-14(21)10-4-6-11(24-3)7-5-10/h4-7,12-13H,8-9H2,1-3H3,(H,18,21)(H,19,22)/t12-,13-/m0/s1. The van der Waals surface area contributed by atoms with Gasteiger partial charge in [0.15, 0.2) is 0 Å². The van der Waals surface area contributed by atoms with E-state index >= 15 is 0 Å². The van der Waals surface area contributed by atoms with Crippen LogP contribution in [0.25, 0.3) is 0 Å². The van der Waals surface area contributed by atoms with Crippen LogP contribution < -0.4 is 15.4 Å². The summed E-state index contributed by atoms with van der Waals surface area (Å²) in [6, 6.07) is 5.70. The molecule has 2 saturated heterocycles. The lowest BCUT2D eigenvalue weighted by Crippen LogP contribution is -2.69. The Morgan fingerprint density at radius 2 is 1.96 bits per heavy atom. The second-order valence-electron chi connectivity index (χ2n) is 6.65. The quantitative estimate of drug-likeness (QED) is 0.834. The topological polar surface area (TPSA) is 87.7 Å². The molecule has 0 unspecified atom stereocenters. The van der Waals surface area contributed by atoms with Crippen molar-refractivity contribution in [1.82, 2.24) is 15.5 Å². The molecule has 0 aliphatic carbocycles. The van der Waals surface area contributed by atoms with Crippen molar-refractivity contribution in [1.29, 1.82) is 0 Å². The molecule has 2 aliphatic heterocycles. The molecule has 2 heterocycles. The van der Waals surface area contributed by atoms with Gasteiger partial charge in [-0.2, -0.15) is 0 Å². The SMILES string of the molecule is COc1ccc(C(=O)N[C@H]2CCN3C(=O)C(C)(C)NC(=O)[C@H]23)cc1. The average molecular weight is 331 g/mol. The molecule has 3 amide bonds. The number of hydrogen-bond donors (Lipinski definition) is 2. The first kappa shape index (κ1) is 16.3. The zero-order valence-corrected chi connectivity index (χ0v) is 14.0. The molecule has 2 aliphatic rings. The van der Waals surface area contributed by atoms with E-state index in [2.05, 4.69) is 10.6 Å². The maximum Gasteiger partial charge on any atom is 0.251 e. The van der Waals surface area contributed by atoms with Crippen molar-refractivity contribution in [3.63, 3.8) is 0 Å². The molecule has 2 N–H and O–H groups in total. The molecule has 1 aromatic carbocycles. The number of nitrogens with zero attached hydrogens (tertiary/aromatic N) is 1. The molecular formula is C17H21N3O4. The van der Waals surface area contributed by atoms with E-state index in [1.807, 2.05) is 0 Å². The maximum absolute atomic E-state index is 12.4. The normalized spacial score (nSPS) is 25.0. The Kier molecular flexibility index (Phi) is 3.95. The molecule has 3 rings (SSSR count). The third kappa shape index (κ3) is 2.70. The molecule has 0 spiro atoms. The minimum Gasteiger partial charge on any atom is -0.497 e. The number of fused-ring (bicyclic) bond motifs is 1. The summed E-state index contributed by atoms with van der Waals surface area (Å²) in [6.45, 7) is 3.84. The molecule has 0 bridgehead atoms. The van der Waals surface area contributed by atoms with Gasteiger partial charge in [0.1, 0.15) is 17.3 Å². The van der Waals surface area contributed by atoms with Gasteiger partial charge < -0.3 is 20.3 Å². The van der Waals surface area contributed by atoms with Crippen LogP contribution in [0.2, 0.25) is 0 Å². The van der Waals surface area contributed by atoms with Crippen molar-refractivity contribution in [2.45, 2.75) is 37.9 Å². The van der Waals surface area contributed by atoms with E-state index in [0.717, 1.165) is 0 Å². The van der Waals surface area contributed by atoms with Crippen molar-refractivity contribution in [3.8, 4) is 5.75 Å². The first-order chi connectivity index (χ1) is 11.3. The largest absolute Gasteiger partial charge is 0.497 e. The lowest BCUT2D eigenvalue weighted by molar-refractivity contribution is -0.151. The van der Waals surface area contributed by atoms with Crippen molar-refractivity contribution in [2.75, 3.05) is 13.7 Å². The zero-order chi connectivity index (χ0) is 17.5. The summed E-state index contributed by atoms with van der Waals surface area (Å²) in [5, 5.41) is 5.61. The van der Waals surface area contributed by atoms with Crippen LogP contribution in [0, 0.1) is 0 Å². The van der Waals surface area contributed by atoms with Crippen LogP contribution in [0.1, 0.15) is 30.6 Å². The lowest BCUT2D eigenvalue weighted by atomic mass is 9.96. The Balaban J connectivity index is 1.73. The van der Waals surface area contributed by atoms with Gasteiger partial charge in [-0.25, -0.2) is 0 Å². The molecule has 7 nitrogen and oxygen atoms in total. The molecule has 7 heteroatoms. The minimum absolute atomic E-state index is 0.117. The van der Waals surface area contributed by atoms with Crippen molar-refractivity contribution < 1.29 is 19.1 Å². The fraction of sp³-hybridized carbons (Fsp3) is 0.471. The highest BCUT2D eigenvalue weighted by molar-refractivity contribution is 6.01. The Morgan fingerprint density at radius 1 is 1.29 bits per heavy atom. The fourth-order valence-corrected chi connectivity index (χ4v) is 3.28. The summed E-state index contributed by atoms with van der Waals surface area (Å²) in [5.41, 5.74) is -0.417. The first-order valence-electron chi connectivity index (χ1n) is 7.91. The van der Waals surface area contributed by atoms with Gasteiger partial charge in [-0.3, -0.25) is 14.4 Å². The highest BCUT2D eigenvalue weighted by Gasteiger charge is 2.51. The molecule has 1 aromatic rings. The van der Waals surface area contributed by atoms with Gasteiger partial charge in [0.2, 0.25) is 11.8 Å². The number of carbonyl (C=O) groups excluding carboxylic acids is 3. The number of methoxy groups -OCH3 is 1. The monoisotopic (exact) mass is 331 g/mol. The van der Waals surface area contributed by atoms with E-state index in [9.17, 15) is 14.4 Å². The Bertz CT molecular complexity index is 684. The Morgan fingerprint density at radius 3 is 2.58 bits per heavy atom. The van der Waals surface area contributed by atoms with Crippen LogP contribution in [0.5, 0.6) is 5.75 Å². The maximum atomic E-state index is 12.4. The van der Waals surface area contributed by atoms with E-state index in [1.54, 1.807) is 50.1 Å². The van der Waals surface area contributed by atoms with Crippen LogP contribution >= 0.6 is 0 Å². The van der Waals surface area contributed by atoms with E-state index in [4.69, 9.17) is 4.74 Å². The molecule has 0 radical (unpaired) electrons. The summed E-state index contributed by atoms with van der Waals surface area (Å²) < 4.78 is 5.07. The summed E-state index contributed by atoms with van der Waals surface area (Å²) in [6.07, 6.45) is 0.557. The van der Waals surface area contributed by atoms with Crippen LogP contribution in [-0.4, -0.2) is 53.9 Å². The summed E-state index contributed by atoms with van der Waals surface area (Å²) in [7, 11) is 1.56. The van der Waals surface area contributed by atoms with Crippen molar-refractivity contribution in [2.24, 2.45) is 0 Å². The second-order valence-corrected chi connectivity index (χ2v) is 6.65. The third-order valence-electron chi connectivity index (χ3n) is 4.57. The lowest BCUT2D eigenvalue weighted by Gasteiger charge is -2.40. The van der Waals surface area contributed by atoms with Crippen LogP contribution in [0.15, 0.2) is 24.3 Å². The summed E-state index contributed by atoms with van der Waals surface area (Å²) in [5.74, 6) is 0.0538. The second kappa shape index (κ2) is 5.81. The average Bonchev–Trinajstić information content (AvgIpc) is 2.96. The van der Waals surface area contributed by atoms with Gasteiger partial charge in [0.25, 0.3) is 5.91 Å². The Hall–Kier alpha value is -2.57. The van der Waals surface area contributed by atoms with E-state index in [0.29, 0.717) is 24.3 Å². The van der Waals surface area contributed by atoms with Crippen LogP contribution in [-0.2, 0) is 9.59 Å². The predicted octanol–water partition coefficient (Wildman–Crippen LogP) is 0.303. The number of piperazine rings is 1. The molecule has 0 saturated carbocycles. The highest BCUT2D eigenvalue weighted by Crippen LogP contribution is 2.27. The van der Waals surface area contributed by atoms with Crippen molar-refractivity contribution in [3.05, 3.63) is 29.8 Å². The van der Waals surface area contributed by atoms with Gasteiger partial charge in [-0.05, 0) is 44.5 Å². The number of amides is 3. The minimum atomic E-state index is -0.900. The Labute approximate surface area is 140 Å².